The number of benzene rings is 1. The minimum Gasteiger partial charge on any atom is -0.339 e. The largest absolute Gasteiger partial charge is 0.433 e. The van der Waals surface area contributed by atoms with E-state index in [2.05, 4.69) is 14.9 Å². The first kappa shape index (κ1) is 20.2. The lowest BCUT2D eigenvalue weighted by atomic mass is 9.88. The van der Waals surface area contributed by atoms with Crippen LogP contribution in [-0.4, -0.2) is 64.7 Å². The lowest BCUT2D eigenvalue weighted by Crippen LogP contribution is -2.47. The van der Waals surface area contributed by atoms with Crippen LogP contribution in [0.15, 0.2) is 29.4 Å². The molecular formula is C20H21F3N4OS. The number of likely N-dealkylation sites (N-methyl/N-ethyl adjacent to an activating group) is 1. The van der Waals surface area contributed by atoms with Crippen molar-refractivity contribution in [2.24, 2.45) is 0 Å². The molecule has 5 nitrogen and oxygen atoms in total. The molecule has 29 heavy (non-hydrogen) atoms. The Bertz CT molecular complexity index is 926. The molecule has 0 saturated carbocycles. The zero-order valence-electron chi connectivity index (χ0n) is 16.0. The number of amides is 1. The monoisotopic (exact) mass is 422 g/mol. The van der Waals surface area contributed by atoms with Gasteiger partial charge in [-0.15, -0.1) is 0 Å². The van der Waals surface area contributed by atoms with Crippen molar-refractivity contribution in [1.29, 1.82) is 0 Å². The number of aromatic nitrogens is 2. The first-order valence-corrected chi connectivity index (χ1v) is 10.5. The first-order chi connectivity index (χ1) is 13.8. The highest BCUT2D eigenvalue weighted by Crippen LogP contribution is 2.40. The van der Waals surface area contributed by atoms with Gasteiger partial charge in [0, 0.05) is 37.3 Å². The highest BCUT2D eigenvalue weighted by atomic mass is 32.2. The Morgan fingerprint density at radius 3 is 2.55 bits per heavy atom. The van der Waals surface area contributed by atoms with Gasteiger partial charge in [0.25, 0.3) is 0 Å². The maximum absolute atomic E-state index is 13.7. The molecule has 154 valence electrons. The summed E-state index contributed by atoms with van der Waals surface area (Å²) in [4.78, 5) is 24.6. The van der Waals surface area contributed by atoms with Gasteiger partial charge in [-0.25, -0.2) is 9.97 Å². The van der Waals surface area contributed by atoms with Crippen molar-refractivity contribution in [2.75, 3.05) is 39.0 Å². The molecule has 2 aromatic rings. The molecule has 1 aromatic carbocycles. The summed E-state index contributed by atoms with van der Waals surface area (Å²) < 4.78 is 41.0. The second-order valence-corrected chi connectivity index (χ2v) is 8.25. The fourth-order valence-corrected chi connectivity index (χ4v) is 4.47. The van der Waals surface area contributed by atoms with Gasteiger partial charge in [0.1, 0.15) is 0 Å². The van der Waals surface area contributed by atoms with E-state index in [0.29, 0.717) is 30.8 Å². The number of fused-ring (bicyclic) bond motifs is 3. The predicted molar refractivity (Wildman–Crippen MR) is 105 cm³/mol. The molecule has 4 rings (SSSR count). The van der Waals surface area contributed by atoms with Crippen LogP contribution in [0.3, 0.4) is 0 Å². The van der Waals surface area contributed by atoms with Crippen molar-refractivity contribution in [3.05, 3.63) is 41.1 Å². The van der Waals surface area contributed by atoms with Crippen LogP contribution >= 0.6 is 11.8 Å². The zero-order valence-corrected chi connectivity index (χ0v) is 16.8. The van der Waals surface area contributed by atoms with Crippen LogP contribution in [0, 0.1) is 0 Å². The number of rotatable bonds is 3. The third kappa shape index (κ3) is 4.25. The molecule has 1 aliphatic heterocycles. The van der Waals surface area contributed by atoms with Gasteiger partial charge in [-0.3, -0.25) is 4.79 Å². The highest BCUT2D eigenvalue weighted by Gasteiger charge is 2.39. The van der Waals surface area contributed by atoms with Crippen LogP contribution in [0.2, 0.25) is 0 Å². The van der Waals surface area contributed by atoms with Crippen LogP contribution < -0.4 is 0 Å². The van der Waals surface area contributed by atoms with E-state index in [1.807, 2.05) is 19.2 Å². The van der Waals surface area contributed by atoms with E-state index in [1.54, 1.807) is 17.0 Å². The van der Waals surface area contributed by atoms with Gasteiger partial charge >= 0.3 is 6.18 Å². The molecule has 2 aliphatic rings. The van der Waals surface area contributed by atoms with E-state index in [9.17, 15) is 18.0 Å². The molecule has 0 bridgehead atoms. The van der Waals surface area contributed by atoms with Gasteiger partial charge in [-0.05, 0) is 25.5 Å². The Morgan fingerprint density at radius 1 is 1.10 bits per heavy atom. The van der Waals surface area contributed by atoms with E-state index in [-0.39, 0.29) is 28.8 Å². The standard InChI is InChI=1S/C20H21F3N4OS/c1-26-8-10-27(11-9-26)16(28)12-29-19-24-17-14-5-3-2-4-13(14)6-7-15(17)18(25-19)20(21,22)23/h2-5H,6-12H2,1H3. The van der Waals surface area contributed by atoms with E-state index in [0.717, 1.165) is 30.4 Å². The summed E-state index contributed by atoms with van der Waals surface area (Å²) in [6, 6.07) is 7.38. The van der Waals surface area contributed by atoms with Crippen molar-refractivity contribution in [2.45, 2.75) is 24.2 Å². The molecule has 0 radical (unpaired) electrons. The molecule has 1 fully saturated rings. The number of halogens is 3. The smallest absolute Gasteiger partial charge is 0.339 e. The molecule has 1 saturated heterocycles. The number of hydrogen-bond acceptors (Lipinski definition) is 5. The summed E-state index contributed by atoms with van der Waals surface area (Å²) in [7, 11) is 1.99. The van der Waals surface area contributed by atoms with Crippen molar-refractivity contribution < 1.29 is 18.0 Å². The summed E-state index contributed by atoms with van der Waals surface area (Å²) in [5, 5.41) is -0.00439. The molecule has 1 aromatic heterocycles. The van der Waals surface area contributed by atoms with Gasteiger partial charge in [0.15, 0.2) is 10.9 Å². The minimum atomic E-state index is -4.56. The maximum atomic E-state index is 13.7. The maximum Gasteiger partial charge on any atom is 0.433 e. The van der Waals surface area contributed by atoms with Crippen molar-refractivity contribution in [1.82, 2.24) is 19.8 Å². The molecule has 1 amide bonds. The van der Waals surface area contributed by atoms with E-state index in [1.165, 1.54) is 0 Å². The normalized spacial score (nSPS) is 17.0. The van der Waals surface area contributed by atoms with E-state index >= 15 is 0 Å². The Kier molecular flexibility index (Phi) is 5.52. The molecule has 0 spiro atoms. The fourth-order valence-electron chi connectivity index (χ4n) is 3.72. The van der Waals surface area contributed by atoms with Gasteiger partial charge < -0.3 is 9.80 Å². The Labute approximate surface area is 171 Å². The minimum absolute atomic E-state index is 0.00439. The third-order valence-corrected chi connectivity index (χ3v) is 6.18. The fraction of sp³-hybridized carbons (Fsp3) is 0.450. The van der Waals surface area contributed by atoms with Crippen molar-refractivity contribution >= 4 is 17.7 Å². The predicted octanol–water partition coefficient (Wildman–Crippen LogP) is 3.13. The second kappa shape index (κ2) is 7.95. The van der Waals surface area contributed by atoms with Crippen molar-refractivity contribution in [3.8, 4) is 11.3 Å². The molecule has 0 atom stereocenters. The first-order valence-electron chi connectivity index (χ1n) is 9.48. The Morgan fingerprint density at radius 2 is 1.83 bits per heavy atom. The number of carbonyl (C=O) groups is 1. The number of aryl methyl sites for hydroxylation is 1. The molecule has 0 N–H and O–H groups in total. The topological polar surface area (TPSA) is 49.3 Å². The summed E-state index contributed by atoms with van der Waals surface area (Å²) in [6.07, 6.45) is -3.77. The number of carbonyl (C=O) groups excluding carboxylic acids is 1. The van der Waals surface area contributed by atoms with Gasteiger partial charge in [0.2, 0.25) is 5.91 Å². The zero-order chi connectivity index (χ0) is 20.6. The molecule has 9 heteroatoms. The average molecular weight is 422 g/mol. The molecule has 1 aliphatic carbocycles. The number of hydrogen-bond donors (Lipinski definition) is 0. The number of piperazine rings is 1. The summed E-state index contributed by atoms with van der Waals surface area (Å²) >= 11 is 0.974. The van der Waals surface area contributed by atoms with Crippen LogP contribution in [0.25, 0.3) is 11.3 Å². The third-order valence-electron chi connectivity index (χ3n) is 5.35. The van der Waals surface area contributed by atoms with Crippen LogP contribution in [0.4, 0.5) is 13.2 Å². The van der Waals surface area contributed by atoms with E-state index in [4.69, 9.17) is 0 Å². The summed E-state index contributed by atoms with van der Waals surface area (Å²) in [5.41, 5.74) is 1.30. The highest BCUT2D eigenvalue weighted by molar-refractivity contribution is 7.99. The van der Waals surface area contributed by atoms with Gasteiger partial charge in [0.05, 0.1) is 11.4 Å². The number of nitrogens with zero attached hydrogens (tertiary/aromatic N) is 4. The molecule has 2 heterocycles. The van der Waals surface area contributed by atoms with Crippen LogP contribution in [-0.2, 0) is 23.8 Å². The quantitative estimate of drug-likeness (QED) is 0.562. The van der Waals surface area contributed by atoms with Gasteiger partial charge in [-0.1, -0.05) is 36.0 Å². The lowest BCUT2D eigenvalue weighted by molar-refractivity contribution is -0.142. The lowest BCUT2D eigenvalue weighted by Gasteiger charge is -2.32. The summed E-state index contributed by atoms with van der Waals surface area (Å²) in [6.45, 7) is 2.84. The van der Waals surface area contributed by atoms with Crippen LogP contribution in [0.1, 0.15) is 16.8 Å². The van der Waals surface area contributed by atoms with Crippen molar-refractivity contribution in [3.63, 3.8) is 0 Å². The van der Waals surface area contributed by atoms with E-state index < -0.39 is 11.9 Å². The second-order valence-electron chi connectivity index (χ2n) is 7.31. The van der Waals surface area contributed by atoms with Gasteiger partial charge in [-0.2, -0.15) is 13.2 Å². The number of thioether (sulfide) groups is 1. The molecular weight excluding hydrogens is 401 g/mol. The molecule has 0 unspecified atom stereocenters. The Balaban J connectivity index is 1.61. The van der Waals surface area contributed by atoms with Crippen LogP contribution in [0.5, 0.6) is 0 Å². The summed E-state index contributed by atoms with van der Waals surface area (Å²) in [5.74, 6) is -0.0695. The Hall–Kier alpha value is -2.13. The SMILES string of the molecule is CN1CCN(C(=O)CSc2nc3c(c(C(F)(F)F)n2)CCc2ccccc2-3)CC1. The average Bonchev–Trinajstić information content (AvgIpc) is 2.71. The number of alkyl halides is 3.